The van der Waals surface area contributed by atoms with E-state index in [0.29, 0.717) is 25.2 Å². The molecule has 3 atom stereocenters. The number of fused-ring (bicyclic) bond motifs is 1. The van der Waals surface area contributed by atoms with Crippen molar-refractivity contribution in [2.45, 2.75) is 57.0 Å². The Morgan fingerprint density at radius 2 is 2.06 bits per heavy atom. The highest BCUT2D eigenvalue weighted by atomic mass is 16.7. The third-order valence-corrected chi connectivity index (χ3v) is 4.86. The maximum Gasteiger partial charge on any atom is 0.168 e. The normalized spacial score (nSPS) is 40.0. The fraction of sp³-hybridized carbons (Fsp3) is 1.00. The van der Waals surface area contributed by atoms with Crippen LogP contribution in [0.2, 0.25) is 0 Å². The van der Waals surface area contributed by atoms with Gasteiger partial charge in [-0.25, -0.2) is 0 Å². The minimum atomic E-state index is -0.364. The highest BCUT2D eigenvalue weighted by Gasteiger charge is 2.49. The van der Waals surface area contributed by atoms with Crippen LogP contribution in [0.1, 0.15) is 39.0 Å². The minimum Gasteiger partial charge on any atom is -0.393 e. The molecule has 0 aromatic heterocycles. The number of likely N-dealkylation sites (tertiary alicyclic amines) is 1. The number of rotatable bonds is 2. The monoisotopic (exact) mass is 255 g/mol. The first-order chi connectivity index (χ1) is 8.74. The topological polar surface area (TPSA) is 41.9 Å². The molecule has 2 saturated heterocycles. The van der Waals surface area contributed by atoms with Crippen LogP contribution in [0.15, 0.2) is 0 Å². The summed E-state index contributed by atoms with van der Waals surface area (Å²) in [6.07, 6.45) is 4.88. The van der Waals surface area contributed by atoms with E-state index in [2.05, 4.69) is 11.8 Å². The fourth-order valence-electron chi connectivity index (χ4n) is 4.03. The second kappa shape index (κ2) is 5.08. The van der Waals surface area contributed by atoms with Crippen LogP contribution in [-0.2, 0) is 9.47 Å². The van der Waals surface area contributed by atoms with Gasteiger partial charge in [0.2, 0.25) is 0 Å². The molecule has 2 heterocycles. The molecule has 2 aliphatic heterocycles. The molecule has 0 radical (unpaired) electrons. The summed E-state index contributed by atoms with van der Waals surface area (Å²) >= 11 is 0. The summed E-state index contributed by atoms with van der Waals surface area (Å²) in [6.45, 7) is 5.86. The first-order valence-electron chi connectivity index (χ1n) is 7.44. The van der Waals surface area contributed by atoms with Crippen molar-refractivity contribution < 1.29 is 14.6 Å². The predicted octanol–water partition coefficient (Wildman–Crippen LogP) is 1.37. The predicted molar refractivity (Wildman–Crippen MR) is 68.3 cm³/mol. The molecule has 18 heavy (non-hydrogen) atoms. The standard InChI is InChI=1S/C14H25NO3/c1-2-6-15-7-4-13(16)11-10-14(5-3-12(11)15)17-8-9-18-14/h11-13,16H,2-10H2,1H3/t11-,12?,13-/m0/s1. The van der Waals surface area contributed by atoms with Gasteiger partial charge in [-0.1, -0.05) is 6.92 Å². The van der Waals surface area contributed by atoms with Gasteiger partial charge >= 0.3 is 0 Å². The first-order valence-corrected chi connectivity index (χ1v) is 7.44. The van der Waals surface area contributed by atoms with E-state index in [9.17, 15) is 5.11 Å². The van der Waals surface area contributed by atoms with E-state index >= 15 is 0 Å². The second-order valence-electron chi connectivity index (χ2n) is 5.97. The summed E-state index contributed by atoms with van der Waals surface area (Å²) in [4.78, 5) is 2.57. The fourth-order valence-corrected chi connectivity index (χ4v) is 4.03. The molecule has 3 rings (SSSR count). The van der Waals surface area contributed by atoms with Crippen LogP contribution in [0.25, 0.3) is 0 Å². The molecule has 1 spiro atoms. The number of ether oxygens (including phenoxy) is 2. The van der Waals surface area contributed by atoms with Gasteiger partial charge in [-0.05, 0) is 25.8 Å². The van der Waals surface area contributed by atoms with Crippen molar-refractivity contribution in [3.05, 3.63) is 0 Å². The van der Waals surface area contributed by atoms with E-state index in [4.69, 9.17) is 9.47 Å². The van der Waals surface area contributed by atoms with Gasteiger partial charge in [0, 0.05) is 31.3 Å². The maximum atomic E-state index is 10.3. The lowest BCUT2D eigenvalue weighted by atomic mass is 9.74. The average Bonchev–Trinajstić information content (AvgIpc) is 2.82. The molecule has 0 aromatic carbocycles. The van der Waals surface area contributed by atoms with Crippen LogP contribution in [0.4, 0.5) is 0 Å². The lowest BCUT2D eigenvalue weighted by molar-refractivity contribution is -0.212. The van der Waals surface area contributed by atoms with Crippen molar-refractivity contribution in [3.63, 3.8) is 0 Å². The molecule has 1 N–H and O–H groups in total. The zero-order valence-electron chi connectivity index (χ0n) is 11.3. The maximum absolute atomic E-state index is 10.3. The highest BCUT2D eigenvalue weighted by Crippen LogP contribution is 2.44. The quantitative estimate of drug-likeness (QED) is 0.809. The van der Waals surface area contributed by atoms with Crippen molar-refractivity contribution in [1.82, 2.24) is 4.90 Å². The Balaban J connectivity index is 1.72. The average molecular weight is 255 g/mol. The molecule has 4 heteroatoms. The highest BCUT2D eigenvalue weighted by molar-refractivity contribution is 4.98. The van der Waals surface area contributed by atoms with Gasteiger partial charge in [0.15, 0.2) is 5.79 Å². The zero-order valence-corrected chi connectivity index (χ0v) is 11.3. The van der Waals surface area contributed by atoms with Crippen LogP contribution in [0, 0.1) is 5.92 Å². The number of hydrogen-bond donors (Lipinski definition) is 1. The summed E-state index contributed by atoms with van der Waals surface area (Å²) in [5.41, 5.74) is 0. The Morgan fingerprint density at radius 3 is 2.78 bits per heavy atom. The number of aliphatic hydroxyl groups excluding tert-OH is 1. The zero-order chi connectivity index (χ0) is 12.6. The smallest absolute Gasteiger partial charge is 0.168 e. The van der Waals surface area contributed by atoms with Crippen LogP contribution in [-0.4, -0.2) is 54.2 Å². The Hall–Kier alpha value is -0.160. The van der Waals surface area contributed by atoms with Gasteiger partial charge in [-0.3, -0.25) is 4.90 Å². The lowest BCUT2D eigenvalue weighted by Gasteiger charge is -2.50. The minimum absolute atomic E-state index is 0.173. The van der Waals surface area contributed by atoms with Crippen molar-refractivity contribution in [1.29, 1.82) is 0 Å². The van der Waals surface area contributed by atoms with Gasteiger partial charge in [0.05, 0.1) is 19.3 Å². The van der Waals surface area contributed by atoms with E-state index in [1.807, 2.05) is 0 Å². The number of aliphatic hydroxyl groups is 1. The van der Waals surface area contributed by atoms with Crippen molar-refractivity contribution in [2.24, 2.45) is 5.92 Å². The summed E-state index contributed by atoms with van der Waals surface area (Å²) in [7, 11) is 0. The summed E-state index contributed by atoms with van der Waals surface area (Å²) in [5.74, 6) is -0.0330. The lowest BCUT2D eigenvalue weighted by Crippen LogP contribution is -2.57. The SMILES string of the molecule is CCCN1CC[C@H](O)[C@H]2CC3(CCC21)OCCO3. The molecule has 3 aliphatic rings. The van der Waals surface area contributed by atoms with E-state index in [0.717, 1.165) is 38.8 Å². The Kier molecular flexibility index (Phi) is 3.63. The summed E-state index contributed by atoms with van der Waals surface area (Å²) < 4.78 is 11.6. The first kappa shape index (κ1) is 12.9. The van der Waals surface area contributed by atoms with Crippen molar-refractivity contribution in [2.75, 3.05) is 26.3 Å². The molecule has 0 aromatic rings. The summed E-state index contributed by atoms with van der Waals surface area (Å²) in [6, 6.07) is 0.534. The van der Waals surface area contributed by atoms with Crippen LogP contribution >= 0.6 is 0 Å². The molecule has 3 fully saturated rings. The van der Waals surface area contributed by atoms with E-state index < -0.39 is 0 Å². The number of nitrogens with zero attached hydrogens (tertiary/aromatic N) is 1. The number of hydrogen-bond acceptors (Lipinski definition) is 4. The van der Waals surface area contributed by atoms with Crippen molar-refractivity contribution in [3.8, 4) is 0 Å². The van der Waals surface area contributed by atoms with E-state index in [1.165, 1.54) is 6.42 Å². The summed E-state index contributed by atoms with van der Waals surface area (Å²) in [5, 5.41) is 10.3. The van der Waals surface area contributed by atoms with Crippen LogP contribution in [0.3, 0.4) is 0 Å². The Bertz CT molecular complexity index is 291. The molecule has 1 saturated carbocycles. The van der Waals surface area contributed by atoms with Gasteiger partial charge < -0.3 is 14.6 Å². The molecule has 104 valence electrons. The van der Waals surface area contributed by atoms with E-state index in [1.54, 1.807) is 0 Å². The van der Waals surface area contributed by atoms with Crippen LogP contribution < -0.4 is 0 Å². The largest absolute Gasteiger partial charge is 0.393 e. The van der Waals surface area contributed by atoms with Crippen LogP contribution in [0.5, 0.6) is 0 Å². The molecule has 0 bridgehead atoms. The number of piperidine rings is 1. The van der Waals surface area contributed by atoms with Gasteiger partial charge in [0.1, 0.15) is 0 Å². The van der Waals surface area contributed by atoms with E-state index in [-0.39, 0.29) is 11.9 Å². The van der Waals surface area contributed by atoms with Gasteiger partial charge in [-0.15, -0.1) is 0 Å². The molecular formula is C14H25NO3. The van der Waals surface area contributed by atoms with Gasteiger partial charge in [-0.2, -0.15) is 0 Å². The third-order valence-electron chi connectivity index (χ3n) is 4.86. The molecule has 4 nitrogen and oxygen atoms in total. The second-order valence-corrected chi connectivity index (χ2v) is 5.97. The molecule has 1 aliphatic carbocycles. The van der Waals surface area contributed by atoms with Crippen molar-refractivity contribution >= 4 is 0 Å². The molecular weight excluding hydrogens is 230 g/mol. The Morgan fingerprint density at radius 1 is 1.28 bits per heavy atom. The van der Waals surface area contributed by atoms with Gasteiger partial charge in [0.25, 0.3) is 0 Å². The Labute approximate surface area is 109 Å². The third kappa shape index (κ3) is 2.20. The molecule has 1 unspecified atom stereocenters. The molecule has 0 amide bonds.